The highest BCUT2D eigenvalue weighted by Crippen LogP contribution is 2.27. The van der Waals surface area contributed by atoms with E-state index in [1.54, 1.807) is 11.6 Å². The number of benzene rings is 2. The summed E-state index contributed by atoms with van der Waals surface area (Å²) in [5.41, 5.74) is 3.97. The van der Waals surface area contributed by atoms with Gasteiger partial charge in [-0.1, -0.05) is 74.8 Å². The predicted octanol–water partition coefficient (Wildman–Crippen LogP) is 5.25. The highest BCUT2D eigenvalue weighted by atomic mass is 35.5. The molecule has 3 rings (SSSR count). The molecule has 0 fully saturated rings. The number of para-hydroxylation sites is 1. The highest BCUT2D eigenvalue weighted by Gasteiger charge is 2.22. The second-order valence-electron chi connectivity index (χ2n) is 8.08. The molecule has 0 spiro atoms. The third-order valence-electron chi connectivity index (χ3n) is 4.69. The molecule has 2 aromatic carbocycles. The van der Waals surface area contributed by atoms with E-state index < -0.39 is 9.84 Å². The van der Waals surface area contributed by atoms with Crippen LogP contribution in [-0.4, -0.2) is 18.2 Å². The van der Waals surface area contributed by atoms with E-state index in [1.807, 2.05) is 54.6 Å². The van der Waals surface area contributed by atoms with Gasteiger partial charge >= 0.3 is 0 Å². The van der Waals surface area contributed by atoms with Gasteiger partial charge in [-0.3, -0.25) is 0 Å². The van der Waals surface area contributed by atoms with E-state index in [0.717, 1.165) is 11.3 Å². The second kappa shape index (κ2) is 7.72. The average molecular weight is 417 g/mol. The van der Waals surface area contributed by atoms with Crippen molar-refractivity contribution in [2.75, 3.05) is 0 Å². The molecule has 0 atom stereocenters. The maximum absolute atomic E-state index is 12.8. The normalized spacial score (nSPS) is 12.3. The average Bonchev–Trinajstić information content (AvgIpc) is 2.89. The molecule has 0 aliphatic rings. The molecule has 3 aromatic rings. The van der Waals surface area contributed by atoms with Crippen molar-refractivity contribution >= 4 is 21.4 Å². The fourth-order valence-corrected chi connectivity index (χ4v) is 5.07. The Morgan fingerprint density at radius 3 is 2.14 bits per heavy atom. The lowest BCUT2D eigenvalue weighted by Crippen LogP contribution is -2.12. The number of halogens is 1. The minimum absolute atomic E-state index is 0.0241. The number of sulfone groups is 1. The van der Waals surface area contributed by atoms with Crippen LogP contribution in [0.5, 0.6) is 0 Å². The number of aromatic nitrogens is 2. The Labute approximate surface area is 172 Å². The Morgan fingerprint density at radius 1 is 0.964 bits per heavy atom. The lowest BCUT2D eigenvalue weighted by atomic mass is 9.87. The standard InChI is InChI=1S/C22H25ClN2O2S/c1-16-20(21(23)25(24-16)19-8-6-5-7-9-19)15-28(26,27)14-17-10-12-18(13-11-17)22(2,3)4/h5-13H,14-15H2,1-4H3. The van der Waals surface area contributed by atoms with E-state index in [4.69, 9.17) is 11.6 Å². The van der Waals surface area contributed by atoms with Gasteiger partial charge in [0, 0.05) is 5.56 Å². The van der Waals surface area contributed by atoms with Crippen molar-refractivity contribution < 1.29 is 8.42 Å². The van der Waals surface area contributed by atoms with Crippen LogP contribution in [0.1, 0.15) is 43.2 Å². The zero-order valence-electron chi connectivity index (χ0n) is 16.6. The molecule has 1 heterocycles. The Bertz CT molecular complexity index is 1060. The van der Waals surface area contributed by atoms with Gasteiger partial charge in [0.1, 0.15) is 5.15 Å². The maximum atomic E-state index is 12.8. The molecule has 0 amide bonds. The Hall–Kier alpha value is -2.11. The SMILES string of the molecule is Cc1nn(-c2ccccc2)c(Cl)c1CS(=O)(=O)Cc1ccc(C(C)(C)C)cc1. The fourth-order valence-electron chi connectivity index (χ4n) is 3.06. The molecule has 0 aliphatic heterocycles. The number of hydrogen-bond donors (Lipinski definition) is 0. The summed E-state index contributed by atoms with van der Waals surface area (Å²) < 4.78 is 27.2. The van der Waals surface area contributed by atoms with E-state index >= 15 is 0 Å². The monoisotopic (exact) mass is 416 g/mol. The van der Waals surface area contributed by atoms with Gasteiger partial charge in [-0.05, 0) is 35.6 Å². The summed E-state index contributed by atoms with van der Waals surface area (Å²) >= 11 is 6.48. The van der Waals surface area contributed by atoms with E-state index in [2.05, 4.69) is 25.9 Å². The predicted molar refractivity (Wildman–Crippen MR) is 115 cm³/mol. The maximum Gasteiger partial charge on any atom is 0.158 e. The number of aryl methyl sites for hydroxylation is 1. The molecule has 0 saturated heterocycles. The van der Waals surface area contributed by atoms with Gasteiger partial charge in [0.15, 0.2) is 9.84 Å². The smallest absolute Gasteiger partial charge is 0.158 e. The van der Waals surface area contributed by atoms with Gasteiger partial charge in [-0.25, -0.2) is 13.1 Å². The lowest BCUT2D eigenvalue weighted by Gasteiger charge is -2.19. The molecule has 0 aliphatic carbocycles. The molecule has 0 radical (unpaired) electrons. The third-order valence-corrected chi connectivity index (χ3v) is 6.58. The van der Waals surface area contributed by atoms with Crippen LogP contribution in [0.3, 0.4) is 0 Å². The van der Waals surface area contributed by atoms with E-state index in [0.29, 0.717) is 16.4 Å². The van der Waals surface area contributed by atoms with E-state index in [-0.39, 0.29) is 16.9 Å². The molecule has 28 heavy (non-hydrogen) atoms. The van der Waals surface area contributed by atoms with Gasteiger partial charge in [0.05, 0.1) is 22.9 Å². The van der Waals surface area contributed by atoms with Crippen LogP contribution in [0.4, 0.5) is 0 Å². The number of nitrogens with zero attached hydrogens (tertiary/aromatic N) is 2. The van der Waals surface area contributed by atoms with Gasteiger partial charge in [0.2, 0.25) is 0 Å². The largest absolute Gasteiger partial charge is 0.228 e. The molecule has 0 bridgehead atoms. The van der Waals surface area contributed by atoms with Crippen molar-refractivity contribution in [1.29, 1.82) is 0 Å². The van der Waals surface area contributed by atoms with Gasteiger partial charge < -0.3 is 0 Å². The fraction of sp³-hybridized carbons (Fsp3) is 0.318. The summed E-state index contributed by atoms with van der Waals surface area (Å²) in [5.74, 6) is -0.158. The zero-order chi connectivity index (χ0) is 20.5. The quantitative estimate of drug-likeness (QED) is 0.571. The minimum atomic E-state index is -3.39. The molecular weight excluding hydrogens is 392 g/mol. The minimum Gasteiger partial charge on any atom is -0.228 e. The summed E-state index contributed by atoms with van der Waals surface area (Å²) in [5, 5.41) is 4.77. The molecule has 1 aromatic heterocycles. The van der Waals surface area contributed by atoms with Crippen LogP contribution in [0, 0.1) is 6.92 Å². The van der Waals surface area contributed by atoms with Crippen LogP contribution in [0.15, 0.2) is 54.6 Å². The molecule has 0 saturated carbocycles. The van der Waals surface area contributed by atoms with Crippen molar-refractivity contribution in [3.63, 3.8) is 0 Å². The van der Waals surface area contributed by atoms with Gasteiger partial charge in [-0.2, -0.15) is 5.10 Å². The van der Waals surface area contributed by atoms with Crippen molar-refractivity contribution in [1.82, 2.24) is 9.78 Å². The zero-order valence-corrected chi connectivity index (χ0v) is 18.2. The molecule has 6 heteroatoms. The van der Waals surface area contributed by atoms with Crippen LogP contribution >= 0.6 is 11.6 Å². The van der Waals surface area contributed by atoms with Gasteiger partial charge in [-0.15, -0.1) is 0 Å². The number of rotatable bonds is 5. The first kappa shape index (κ1) is 20.6. The van der Waals surface area contributed by atoms with Crippen molar-refractivity contribution in [2.45, 2.75) is 44.6 Å². The van der Waals surface area contributed by atoms with Gasteiger partial charge in [0.25, 0.3) is 0 Å². The molecular formula is C22H25ClN2O2S. The molecule has 0 N–H and O–H groups in total. The van der Waals surface area contributed by atoms with Crippen LogP contribution < -0.4 is 0 Å². The molecule has 148 valence electrons. The summed E-state index contributed by atoms with van der Waals surface area (Å²) in [6.07, 6.45) is 0. The molecule has 4 nitrogen and oxygen atoms in total. The first-order chi connectivity index (χ1) is 13.1. The van der Waals surface area contributed by atoms with Crippen molar-refractivity contribution in [2.24, 2.45) is 0 Å². The third kappa shape index (κ3) is 4.65. The van der Waals surface area contributed by atoms with Crippen molar-refractivity contribution in [3.8, 4) is 5.69 Å². The summed E-state index contributed by atoms with van der Waals surface area (Å²) in [7, 11) is -3.39. The topological polar surface area (TPSA) is 52.0 Å². The number of hydrogen-bond acceptors (Lipinski definition) is 3. The first-order valence-corrected chi connectivity index (χ1v) is 11.4. The second-order valence-corrected chi connectivity index (χ2v) is 10.5. The van der Waals surface area contributed by atoms with Crippen LogP contribution in [0.25, 0.3) is 5.69 Å². The Balaban J connectivity index is 1.82. The first-order valence-electron chi connectivity index (χ1n) is 9.16. The molecule has 0 unspecified atom stereocenters. The lowest BCUT2D eigenvalue weighted by molar-refractivity contribution is 0.589. The van der Waals surface area contributed by atoms with E-state index in [9.17, 15) is 8.42 Å². The summed E-state index contributed by atoms with van der Waals surface area (Å²) in [6.45, 7) is 8.18. The van der Waals surface area contributed by atoms with Crippen LogP contribution in [0.2, 0.25) is 5.15 Å². The van der Waals surface area contributed by atoms with Crippen molar-refractivity contribution in [3.05, 3.63) is 82.1 Å². The highest BCUT2D eigenvalue weighted by molar-refractivity contribution is 7.89. The summed E-state index contributed by atoms with van der Waals surface area (Å²) in [6, 6.07) is 17.2. The van der Waals surface area contributed by atoms with Crippen LogP contribution in [-0.2, 0) is 26.8 Å². The summed E-state index contributed by atoms with van der Waals surface area (Å²) in [4.78, 5) is 0. The Kier molecular flexibility index (Phi) is 5.69. The van der Waals surface area contributed by atoms with E-state index in [1.165, 1.54) is 5.56 Å². The Morgan fingerprint density at radius 2 is 1.57 bits per heavy atom.